The van der Waals surface area contributed by atoms with E-state index in [-0.39, 0.29) is 35.6 Å². The van der Waals surface area contributed by atoms with E-state index in [2.05, 4.69) is 20.6 Å². The standard InChI is InChI=1S/C22H24F3N5O3/c1-11-5-3-6-12(2)30(11)21-28-18-17(20(33)29-21)15(10-16(31)27-18)19(32)26-14-8-4-7-13(9-14)22(23,24)25/h4,7-9,11-12,15H,3,5-6,10H2,1-2H3,(H,26,32)(H2,27,28,29,31,33). The number of aromatic amines is 1. The number of hydrogen-bond donors (Lipinski definition) is 3. The number of fused-ring (bicyclic) bond motifs is 1. The fourth-order valence-corrected chi connectivity index (χ4v) is 4.55. The average Bonchev–Trinajstić information content (AvgIpc) is 2.72. The molecule has 11 heteroatoms. The lowest BCUT2D eigenvalue weighted by Crippen LogP contribution is -2.46. The molecule has 3 unspecified atom stereocenters. The van der Waals surface area contributed by atoms with Crippen molar-refractivity contribution < 1.29 is 22.8 Å². The number of halogens is 3. The van der Waals surface area contributed by atoms with Crippen molar-refractivity contribution in [1.29, 1.82) is 0 Å². The van der Waals surface area contributed by atoms with E-state index in [1.165, 1.54) is 12.1 Å². The molecule has 2 aliphatic heterocycles. The lowest BCUT2D eigenvalue weighted by molar-refractivity contribution is -0.137. The van der Waals surface area contributed by atoms with Crippen LogP contribution in [0.2, 0.25) is 0 Å². The van der Waals surface area contributed by atoms with Crippen LogP contribution in [0.4, 0.5) is 30.6 Å². The molecule has 3 atom stereocenters. The third-order valence-corrected chi connectivity index (χ3v) is 6.15. The molecule has 2 aromatic rings. The summed E-state index contributed by atoms with van der Waals surface area (Å²) in [4.78, 5) is 47.4. The second-order valence-electron chi connectivity index (χ2n) is 8.56. The Kier molecular flexibility index (Phi) is 5.89. The number of hydrogen-bond acceptors (Lipinski definition) is 5. The Morgan fingerprint density at radius 2 is 1.88 bits per heavy atom. The van der Waals surface area contributed by atoms with Crippen molar-refractivity contribution in [2.45, 2.75) is 63.7 Å². The van der Waals surface area contributed by atoms with Gasteiger partial charge in [0.15, 0.2) is 0 Å². The lowest BCUT2D eigenvalue weighted by Gasteiger charge is -2.39. The van der Waals surface area contributed by atoms with E-state index < -0.39 is 35.0 Å². The van der Waals surface area contributed by atoms with E-state index in [0.29, 0.717) is 5.95 Å². The highest BCUT2D eigenvalue weighted by atomic mass is 19.4. The zero-order valence-corrected chi connectivity index (χ0v) is 18.1. The number of anilines is 3. The van der Waals surface area contributed by atoms with Crippen LogP contribution >= 0.6 is 0 Å². The molecule has 2 aliphatic rings. The van der Waals surface area contributed by atoms with Gasteiger partial charge in [-0.2, -0.15) is 18.2 Å². The fraction of sp³-hybridized carbons (Fsp3) is 0.455. The number of aromatic nitrogens is 2. The molecule has 0 bridgehead atoms. The van der Waals surface area contributed by atoms with Gasteiger partial charge in [0.2, 0.25) is 17.8 Å². The van der Waals surface area contributed by atoms with Gasteiger partial charge < -0.3 is 15.5 Å². The van der Waals surface area contributed by atoms with Gasteiger partial charge >= 0.3 is 6.18 Å². The lowest BCUT2D eigenvalue weighted by atomic mass is 9.92. The van der Waals surface area contributed by atoms with Crippen LogP contribution in [0.25, 0.3) is 0 Å². The molecule has 33 heavy (non-hydrogen) atoms. The molecule has 176 valence electrons. The summed E-state index contributed by atoms with van der Waals surface area (Å²) in [6.45, 7) is 4.05. The van der Waals surface area contributed by atoms with Gasteiger partial charge in [0, 0.05) is 24.2 Å². The summed E-state index contributed by atoms with van der Waals surface area (Å²) in [7, 11) is 0. The van der Waals surface area contributed by atoms with Gasteiger partial charge in [-0.25, -0.2) is 0 Å². The van der Waals surface area contributed by atoms with Gasteiger partial charge in [-0.15, -0.1) is 0 Å². The van der Waals surface area contributed by atoms with Crippen molar-refractivity contribution in [2.24, 2.45) is 0 Å². The molecule has 1 aromatic heterocycles. The van der Waals surface area contributed by atoms with Crippen LogP contribution in [0.3, 0.4) is 0 Å². The van der Waals surface area contributed by atoms with Gasteiger partial charge in [0.05, 0.1) is 17.0 Å². The Balaban J connectivity index is 1.65. The molecule has 8 nitrogen and oxygen atoms in total. The van der Waals surface area contributed by atoms with Gasteiger partial charge in [0.1, 0.15) is 5.82 Å². The average molecular weight is 463 g/mol. The minimum Gasteiger partial charge on any atom is -0.337 e. The van der Waals surface area contributed by atoms with Gasteiger partial charge in [-0.3, -0.25) is 19.4 Å². The number of amides is 2. The van der Waals surface area contributed by atoms with Crippen LogP contribution < -0.4 is 21.1 Å². The number of nitrogens with one attached hydrogen (secondary N) is 3. The highest BCUT2D eigenvalue weighted by Crippen LogP contribution is 2.34. The van der Waals surface area contributed by atoms with Crippen molar-refractivity contribution in [3.8, 4) is 0 Å². The number of piperidine rings is 1. The van der Waals surface area contributed by atoms with Crippen molar-refractivity contribution >= 4 is 29.3 Å². The zero-order chi connectivity index (χ0) is 23.9. The van der Waals surface area contributed by atoms with Gasteiger partial charge in [0.25, 0.3) is 5.56 Å². The second kappa shape index (κ2) is 8.53. The predicted molar refractivity (Wildman–Crippen MR) is 116 cm³/mol. The summed E-state index contributed by atoms with van der Waals surface area (Å²) in [5.74, 6) is -2.14. The van der Waals surface area contributed by atoms with Crippen LogP contribution in [0.15, 0.2) is 29.1 Å². The Labute approximate surface area is 187 Å². The van der Waals surface area contributed by atoms with Crippen LogP contribution in [0.5, 0.6) is 0 Å². The molecule has 1 fully saturated rings. The number of H-pyrrole nitrogens is 1. The predicted octanol–water partition coefficient (Wildman–Crippen LogP) is 3.62. The van der Waals surface area contributed by atoms with E-state index in [1.54, 1.807) is 0 Å². The molecule has 0 radical (unpaired) electrons. The van der Waals surface area contributed by atoms with Gasteiger partial charge in [-0.05, 0) is 51.3 Å². The number of alkyl halides is 3. The Bertz CT molecular complexity index is 1140. The van der Waals surface area contributed by atoms with Crippen LogP contribution in [-0.2, 0) is 15.8 Å². The highest BCUT2D eigenvalue weighted by molar-refractivity contribution is 6.04. The minimum atomic E-state index is -4.57. The number of rotatable bonds is 3. The van der Waals surface area contributed by atoms with Gasteiger partial charge in [-0.1, -0.05) is 6.07 Å². The zero-order valence-electron chi connectivity index (χ0n) is 18.1. The van der Waals surface area contributed by atoms with E-state index in [0.717, 1.165) is 31.4 Å². The maximum absolute atomic E-state index is 13.0. The molecule has 2 amide bonds. The van der Waals surface area contributed by atoms with Crippen LogP contribution in [0.1, 0.15) is 56.6 Å². The number of carbonyl (C=O) groups excluding carboxylic acids is 2. The maximum Gasteiger partial charge on any atom is 0.416 e. The van der Waals surface area contributed by atoms with E-state index >= 15 is 0 Å². The number of carbonyl (C=O) groups is 2. The van der Waals surface area contributed by atoms with Crippen molar-refractivity contribution in [3.63, 3.8) is 0 Å². The SMILES string of the molecule is CC1CCCC(C)N1c1nc2c(c(=O)[nH]1)C(C(=O)Nc1cccc(C(F)(F)F)c1)CC(=O)N2. The van der Waals surface area contributed by atoms with E-state index in [1.807, 2.05) is 18.7 Å². The molecule has 4 rings (SSSR count). The van der Waals surface area contributed by atoms with Crippen molar-refractivity contribution in [3.05, 3.63) is 45.7 Å². The second-order valence-corrected chi connectivity index (χ2v) is 8.56. The first-order chi connectivity index (χ1) is 15.5. The minimum absolute atomic E-state index is 0.000772. The van der Waals surface area contributed by atoms with Crippen molar-refractivity contribution in [2.75, 3.05) is 15.5 Å². The monoisotopic (exact) mass is 463 g/mol. The Morgan fingerprint density at radius 3 is 2.55 bits per heavy atom. The van der Waals surface area contributed by atoms with E-state index in [4.69, 9.17) is 0 Å². The van der Waals surface area contributed by atoms with Crippen LogP contribution in [-0.4, -0.2) is 33.9 Å². The fourth-order valence-electron chi connectivity index (χ4n) is 4.55. The molecule has 0 aliphatic carbocycles. The maximum atomic E-state index is 13.0. The summed E-state index contributed by atoms with van der Waals surface area (Å²) in [6, 6.07) is 4.43. The first-order valence-corrected chi connectivity index (χ1v) is 10.7. The normalized spacial score (nSPS) is 23.0. The first kappa shape index (κ1) is 22.8. The topological polar surface area (TPSA) is 107 Å². The molecule has 3 heterocycles. The molecular formula is C22H24F3N5O3. The Hall–Kier alpha value is -3.37. The highest BCUT2D eigenvalue weighted by Gasteiger charge is 2.37. The molecule has 1 saturated heterocycles. The van der Waals surface area contributed by atoms with Crippen molar-refractivity contribution in [1.82, 2.24) is 9.97 Å². The molecule has 3 N–H and O–H groups in total. The molecular weight excluding hydrogens is 439 g/mol. The van der Waals surface area contributed by atoms with Crippen LogP contribution in [0, 0.1) is 0 Å². The number of benzene rings is 1. The summed E-state index contributed by atoms with van der Waals surface area (Å²) < 4.78 is 39.0. The quantitative estimate of drug-likeness (QED) is 0.645. The molecule has 1 aromatic carbocycles. The smallest absolute Gasteiger partial charge is 0.337 e. The van der Waals surface area contributed by atoms with E-state index in [9.17, 15) is 27.6 Å². The molecule has 0 saturated carbocycles. The largest absolute Gasteiger partial charge is 0.416 e. The third kappa shape index (κ3) is 4.57. The summed E-state index contributed by atoms with van der Waals surface area (Å²) in [5.41, 5.74) is -1.58. The number of nitrogens with zero attached hydrogens (tertiary/aromatic N) is 2. The summed E-state index contributed by atoms with van der Waals surface area (Å²) in [5, 5.41) is 4.96. The summed E-state index contributed by atoms with van der Waals surface area (Å²) >= 11 is 0. The Morgan fingerprint density at radius 1 is 1.18 bits per heavy atom. The first-order valence-electron chi connectivity index (χ1n) is 10.7. The molecule has 0 spiro atoms. The third-order valence-electron chi connectivity index (χ3n) is 6.15. The summed E-state index contributed by atoms with van der Waals surface area (Å²) in [6.07, 6.45) is -1.97.